The fraction of sp³-hybridized carbons (Fsp3) is 0. The van der Waals surface area contributed by atoms with E-state index in [2.05, 4.69) is 0 Å². The summed E-state index contributed by atoms with van der Waals surface area (Å²) in [6.45, 7) is 0. The highest BCUT2D eigenvalue weighted by molar-refractivity contribution is 7.40. The maximum atomic E-state index is 14.2. The Kier molecular flexibility index (Phi) is 6.19. The Bertz CT molecular complexity index is 1110. The van der Waals surface area contributed by atoms with Gasteiger partial charge >= 0.3 is 0 Å². The molecule has 0 N–H and O–H groups in total. The van der Waals surface area contributed by atoms with E-state index in [1.165, 1.54) is 0 Å². The van der Waals surface area contributed by atoms with E-state index in [1.54, 1.807) is 48.5 Å². The van der Waals surface area contributed by atoms with Crippen molar-refractivity contribution in [1.82, 2.24) is 0 Å². The number of hydrogen-bond acceptors (Lipinski definition) is 2. The summed E-state index contributed by atoms with van der Waals surface area (Å²) < 4.78 is 0. The van der Waals surface area contributed by atoms with E-state index in [9.17, 15) is 9.59 Å². The molecule has 31 heavy (non-hydrogen) atoms. The topological polar surface area (TPSA) is 34.1 Å². The van der Waals surface area contributed by atoms with Crippen LogP contribution >= 0.6 is 23.2 Å². The van der Waals surface area contributed by atoms with Crippen LogP contribution in [0.2, 0.25) is 10.0 Å². The van der Waals surface area contributed by atoms with Gasteiger partial charge in [0.15, 0.2) is 10.8 Å². The number of hydrogen-bond donors (Lipinski definition) is 0. The monoisotopic (exact) mass is 460 g/mol. The predicted molar refractivity (Wildman–Crippen MR) is 129 cm³/mol. The van der Waals surface area contributed by atoms with Crippen LogP contribution in [-0.2, 0) is 0 Å². The van der Waals surface area contributed by atoms with Crippen LogP contribution in [0.15, 0.2) is 109 Å². The summed E-state index contributed by atoms with van der Waals surface area (Å²) in [6, 6.07) is 32.2. The predicted octanol–water partition coefficient (Wildman–Crippen LogP) is 5.40. The molecule has 0 saturated heterocycles. The fourth-order valence-electron chi connectivity index (χ4n) is 3.81. The second-order valence-corrected chi connectivity index (χ2v) is 11.6. The number of benzene rings is 4. The molecule has 4 rings (SSSR count). The van der Waals surface area contributed by atoms with Crippen LogP contribution in [0.25, 0.3) is 0 Å². The van der Waals surface area contributed by atoms with E-state index >= 15 is 0 Å². The largest absolute Gasteiger partial charge is 0.299 e. The van der Waals surface area contributed by atoms with Crippen LogP contribution in [-0.4, -0.2) is 18.9 Å². The van der Waals surface area contributed by atoms with E-state index in [0.717, 1.165) is 10.4 Å². The van der Waals surface area contributed by atoms with Gasteiger partial charge in [-0.15, -0.1) is 0 Å². The van der Waals surface area contributed by atoms with Crippen LogP contribution in [0.1, 0.15) is 20.7 Å². The highest BCUT2D eigenvalue weighted by Crippen LogP contribution is 2.22. The third-order valence-corrected chi connectivity index (χ3v) is 10.2. The first kappa shape index (κ1) is 21.3. The lowest BCUT2D eigenvalue weighted by Gasteiger charge is -2.30. The molecule has 0 amide bonds. The molecule has 0 heterocycles. The zero-order chi connectivity index (χ0) is 21.8. The van der Waals surface area contributed by atoms with Gasteiger partial charge < -0.3 is 0 Å². The van der Waals surface area contributed by atoms with Gasteiger partial charge in [-0.3, -0.25) is 9.59 Å². The van der Waals surface area contributed by atoms with Crippen molar-refractivity contribution >= 4 is 52.5 Å². The van der Waals surface area contributed by atoms with E-state index in [-0.39, 0.29) is 10.8 Å². The average Bonchev–Trinajstić information content (AvgIpc) is 2.82. The zero-order valence-corrected chi connectivity index (χ0v) is 19.0. The number of halogens is 2. The SMILES string of the molecule is O=C(c1ccc(Cl)cc1)[Si](C(=O)c1ccc(Cl)cc1)(c1ccccc1)c1ccccc1. The van der Waals surface area contributed by atoms with Gasteiger partial charge in [0.2, 0.25) is 0 Å². The Balaban J connectivity index is 2.04. The molecule has 0 aromatic heterocycles. The number of carbonyl (C=O) groups is 2. The van der Waals surface area contributed by atoms with Crippen molar-refractivity contribution in [3.8, 4) is 0 Å². The second kappa shape index (κ2) is 9.02. The molecule has 0 fully saturated rings. The Morgan fingerprint density at radius 2 is 0.806 bits per heavy atom. The lowest BCUT2D eigenvalue weighted by Crippen LogP contribution is -2.70. The molecule has 0 spiro atoms. The van der Waals surface area contributed by atoms with Crippen LogP contribution in [0, 0.1) is 0 Å². The summed E-state index contributed by atoms with van der Waals surface area (Å²) >= 11 is 12.1. The Labute approximate surface area is 192 Å². The van der Waals surface area contributed by atoms with Gasteiger partial charge in [0.1, 0.15) is 0 Å². The summed E-state index contributed by atoms with van der Waals surface area (Å²) in [5.41, 5.74) is 0.928. The fourth-order valence-corrected chi connectivity index (χ4v) is 8.23. The smallest absolute Gasteiger partial charge is 0.279 e. The first-order valence-corrected chi connectivity index (χ1v) is 12.5. The third-order valence-electron chi connectivity index (χ3n) is 5.31. The van der Waals surface area contributed by atoms with Crippen molar-refractivity contribution in [2.45, 2.75) is 0 Å². The van der Waals surface area contributed by atoms with Crippen LogP contribution in [0.3, 0.4) is 0 Å². The van der Waals surface area contributed by atoms with Gasteiger partial charge in [0.05, 0.1) is 0 Å². The number of rotatable bonds is 6. The average molecular weight is 461 g/mol. The van der Waals surface area contributed by atoms with Crippen molar-refractivity contribution in [1.29, 1.82) is 0 Å². The first-order chi connectivity index (χ1) is 15.0. The minimum Gasteiger partial charge on any atom is -0.299 e. The highest BCUT2D eigenvalue weighted by atomic mass is 35.5. The van der Waals surface area contributed by atoms with E-state index in [0.29, 0.717) is 21.2 Å². The summed E-state index contributed by atoms with van der Waals surface area (Å²) in [7, 11) is -3.63. The molecule has 0 radical (unpaired) electrons. The van der Waals surface area contributed by atoms with Gasteiger partial charge in [0, 0.05) is 21.2 Å². The van der Waals surface area contributed by atoms with Crippen LogP contribution in [0.5, 0.6) is 0 Å². The molecule has 4 aromatic carbocycles. The molecule has 0 unspecified atom stereocenters. The van der Waals surface area contributed by atoms with Crippen molar-refractivity contribution in [2.75, 3.05) is 0 Å². The molecule has 4 aromatic rings. The summed E-state index contributed by atoms with van der Waals surface area (Å²) in [6.07, 6.45) is 0. The van der Waals surface area contributed by atoms with Gasteiger partial charge in [-0.25, -0.2) is 0 Å². The minimum atomic E-state index is -3.63. The van der Waals surface area contributed by atoms with Crippen LogP contribution < -0.4 is 10.4 Å². The molecule has 0 bridgehead atoms. The maximum Gasteiger partial charge on any atom is 0.279 e. The Hall–Kier alpha value is -2.98. The van der Waals surface area contributed by atoms with E-state index in [4.69, 9.17) is 23.2 Å². The van der Waals surface area contributed by atoms with Gasteiger partial charge in [-0.05, 0) is 34.6 Å². The normalized spacial score (nSPS) is 11.2. The second-order valence-electron chi connectivity index (χ2n) is 7.15. The molecule has 152 valence electrons. The summed E-state index contributed by atoms with van der Waals surface area (Å²) in [5.74, 6) is 0. The number of carbonyl (C=O) groups excluding carboxylic acids is 2. The van der Waals surface area contributed by atoms with Crippen LogP contribution in [0.4, 0.5) is 0 Å². The molecule has 0 saturated carbocycles. The summed E-state index contributed by atoms with van der Waals surface area (Å²) in [5, 5.41) is 2.18. The van der Waals surface area contributed by atoms with Crippen molar-refractivity contribution in [2.24, 2.45) is 0 Å². The quantitative estimate of drug-likeness (QED) is 0.361. The van der Waals surface area contributed by atoms with Gasteiger partial charge in [-0.2, -0.15) is 0 Å². The molecule has 0 aliphatic heterocycles. The maximum absolute atomic E-state index is 14.2. The Morgan fingerprint density at radius 3 is 1.13 bits per heavy atom. The lowest BCUT2D eigenvalue weighted by atomic mass is 10.2. The van der Waals surface area contributed by atoms with E-state index < -0.39 is 8.07 Å². The molecule has 5 heteroatoms. The van der Waals surface area contributed by atoms with E-state index in [1.807, 2.05) is 60.7 Å². The third kappa shape index (κ3) is 4.00. The minimum absolute atomic E-state index is 0.179. The van der Waals surface area contributed by atoms with Crippen molar-refractivity contribution < 1.29 is 9.59 Å². The highest BCUT2D eigenvalue weighted by Gasteiger charge is 2.52. The first-order valence-electron chi connectivity index (χ1n) is 9.75. The van der Waals surface area contributed by atoms with Gasteiger partial charge in [-0.1, -0.05) is 108 Å². The molecule has 0 atom stereocenters. The molecule has 0 aliphatic carbocycles. The van der Waals surface area contributed by atoms with Crippen molar-refractivity contribution in [3.05, 3.63) is 130 Å². The lowest BCUT2D eigenvalue weighted by molar-refractivity contribution is 0.103. The molecule has 0 aliphatic rings. The molecule has 2 nitrogen and oxygen atoms in total. The molecular weight excluding hydrogens is 443 g/mol. The van der Waals surface area contributed by atoms with Crippen molar-refractivity contribution in [3.63, 3.8) is 0 Å². The Morgan fingerprint density at radius 1 is 0.484 bits per heavy atom. The molecular formula is C26H18Cl2O2Si. The zero-order valence-electron chi connectivity index (χ0n) is 16.5. The standard InChI is InChI=1S/C26H18Cl2O2Si/c27-21-15-11-19(12-16-21)25(29)31(23-7-3-1-4-8-23,24-9-5-2-6-10-24)26(30)20-13-17-22(28)18-14-20/h1-18H. The van der Waals surface area contributed by atoms with Gasteiger partial charge in [0.25, 0.3) is 8.07 Å². The summed E-state index contributed by atoms with van der Waals surface area (Å²) in [4.78, 5) is 28.5.